The largest absolute Gasteiger partial charge is 0.465 e. The zero-order chi connectivity index (χ0) is 12.9. The lowest BCUT2D eigenvalue weighted by Gasteiger charge is -2.28. The lowest BCUT2D eigenvalue weighted by atomic mass is 10.0. The molecule has 1 atom stereocenters. The first kappa shape index (κ1) is 14.7. The van der Waals surface area contributed by atoms with E-state index in [-0.39, 0.29) is 11.8 Å². The topological polar surface area (TPSA) is 70.1 Å². The molecule has 0 heterocycles. The van der Waals surface area contributed by atoms with E-state index < -0.39 is 12.1 Å². The molecule has 94 valence electrons. The highest BCUT2D eigenvalue weighted by Gasteiger charge is 2.29. The summed E-state index contributed by atoms with van der Waals surface area (Å²) in [7, 11) is 4.22. The Hall–Kier alpha value is -1.30. The summed E-state index contributed by atoms with van der Waals surface area (Å²) in [5.41, 5.74) is 0. The van der Waals surface area contributed by atoms with E-state index in [2.05, 4.69) is 0 Å². The Kier molecular flexibility index (Phi) is 5.81. The average Bonchev–Trinajstić information content (AvgIpc) is 2.22. The smallest absolute Gasteiger partial charge is 0.407 e. The van der Waals surface area contributed by atoms with Crippen molar-refractivity contribution in [3.63, 3.8) is 0 Å². The molecule has 0 rings (SSSR count). The van der Waals surface area contributed by atoms with Crippen LogP contribution in [0.5, 0.6) is 0 Å². The van der Waals surface area contributed by atoms with Crippen molar-refractivity contribution >= 4 is 12.0 Å². The van der Waals surface area contributed by atoms with Gasteiger partial charge >= 0.3 is 6.09 Å². The number of hydroxylamine groups is 2. The van der Waals surface area contributed by atoms with Crippen molar-refractivity contribution in [1.29, 1.82) is 0 Å². The van der Waals surface area contributed by atoms with Gasteiger partial charge < -0.3 is 5.11 Å². The molecule has 6 nitrogen and oxygen atoms in total. The molecule has 0 radical (unpaired) electrons. The highest BCUT2D eigenvalue weighted by molar-refractivity contribution is 5.84. The number of carboxylic acid groups (broad SMARTS) is 1. The quantitative estimate of drug-likeness (QED) is 0.719. The van der Waals surface area contributed by atoms with Gasteiger partial charge in [-0.05, 0) is 12.3 Å². The molecule has 0 aliphatic carbocycles. The lowest BCUT2D eigenvalue weighted by molar-refractivity contribution is -0.174. The first-order chi connectivity index (χ1) is 7.31. The van der Waals surface area contributed by atoms with E-state index in [1.165, 1.54) is 21.2 Å². The molecule has 0 saturated heterocycles. The monoisotopic (exact) mass is 232 g/mol. The van der Waals surface area contributed by atoms with Gasteiger partial charge in [-0.3, -0.25) is 14.5 Å². The minimum absolute atomic E-state index is 0.223. The third-order valence-corrected chi connectivity index (χ3v) is 2.33. The number of hydrogen-bond donors (Lipinski definition) is 1. The van der Waals surface area contributed by atoms with Gasteiger partial charge in [0.15, 0.2) is 0 Å². The number of nitrogens with zero attached hydrogens (tertiary/aromatic N) is 2. The van der Waals surface area contributed by atoms with E-state index in [1.807, 2.05) is 13.8 Å². The summed E-state index contributed by atoms with van der Waals surface area (Å²) in [5, 5.41) is 9.93. The summed E-state index contributed by atoms with van der Waals surface area (Å²) in [4.78, 5) is 28.5. The van der Waals surface area contributed by atoms with Gasteiger partial charge in [0, 0.05) is 14.1 Å². The van der Waals surface area contributed by atoms with Crippen molar-refractivity contribution in [2.24, 2.45) is 5.92 Å². The number of likely N-dealkylation sites (N-methyl/N-ethyl adjacent to an activating group) is 2. The second-order valence-electron chi connectivity index (χ2n) is 4.06. The third kappa shape index (κ3) is 4.06. The van der Waals surface area contributed by atoms with Gasteiger partial charge in [-0.25, -0.2) is 9.86 Å². The van der Waals surface area contributed by atoms with E-state index in [9.17, 15) is 9.59 Å². The minimum atomic E-state index is -1.12. The van der Waals surface area contributed by atoms with Gasteiger partial charge in [0.2, 0.25) is 0 Å². The number of amides is 2. The lowest BCUT2D eigenvalue weighted by Crippen LogP contribution is -2.48. The summed E-state index contributed by atoms with van der Waals surface area (Å²) in [6.45, 7) is 3.87. The molecular weight excluding hydrogens is 212 g/mol. The summed E-state index contributed by atoms with van der Waals surface area (Å²) in [6, 6.07) is -0.706. The van der Waals surface area contributed by atoms with Crippen molar-refractivity contribution < 1.29 is 19.5 Å². The molecule has 16 heavy (non-hydrogen) atoms. The highest BCUT2D eigenvalue weighted by atomic mass is 16.7. The first-order valence-electron chi connectivity index (χ1n) is 5.08. The van der Waals surface area contributed by atoms with Crippen LogP contribution in [0.15, 0.2) is 0 Å². The number of carbonyl (C=O) groups is 2. The second kappa shape index (κ2) is 6.32. The van der Waals surface area contributed by atoms with Crippen LogP contribution in [-0.4, -0.2) is 54.3 Å². The van der Waals surface area contributed by atoms with Crippen LogP contribution in [0.3, 0.4) is 0 Å². The second-order valence-corrected chi connectivity index (χ2v) is 4.06. The zero-order valence-electron chi connectivity index (χ0n) is 10.4. The maximum absolute atomic E-state index is 11.9. The molecule has 0 aromatic rings. The fourth-order valence-corrected chi connectivity index (χ4v) is 1.30. The van der Waals surface area contributed by atoms with E-state index in [4.69, 9.17) is 9.94 Å². The summed E-state index contributed by atoms with van der Waals surface area (Å²) in [5.74, 6) is -0.137. The van der Waals surface area contributed by atoms with Crippen LogP contribution >= 0.6 is 0 Å². The van der Waals surface area contributed by atoms with Crippen molar-refractivity contribution in [1.82, 2.24) is 9.96 Å². The molecule has 0 aliphatic rings. The van der Waals surface area contributed by atoms with Crippen molar-refractivity contribution in [2.75, 3.05) is 21.2 Å². The molecule has 2 amide bonds. The number of carbonyl (C=O) groups excluding carboxylic acids is 1. The van der Waals surface area contributed by atoms with Crippen LogP contribution < -0.4 is 0 Å². The maximum atomic E-state index is 11.9. The van der Waals surface area contributed by atoms with Gasteiger partial charge in [-0.15, -0.1) is 0 Å². The van der Waals surface area contributed by atoms with Crippen molar-refractivity contribution in [3.8, 4) is 0 Å². The Morgan fingerprint density at radius 3 is 2.12 bits per heavy atom. The first-order valence-corrected chi connectivity index (χ1v) is 5.08. The average molecular weight is 232 g/mol. The minimum Gasteiger partial charge on any atom is -0.465 e. The van der Waals surface area contributed by atoms with Crippen LogP contribution in [0, 0.1) is 5.92 Å². The van der Waals surface area contributed by atoms with E-state index in [1.54, 1.807) is 0 Å². The molecule has 0 saturated carbocycles. The van der Waals surface area contributed by atoms with Gasteiger partial charge in [0.05, 0.1) is 7.11 Å². The SMILES string of the molecule is CON(C)C(=O)C(CC(C)C)N(C)C(=O)O. The van der Waals surface area contributed by atoms with E-state index >= 15 is 0 Å². The van der Waals surface area contributed by atoms with Gasteiger partial charge in [-0.1, -0.05) is 13.8 Å². The van der Waals surface area contributed by atoms with Crippen LogP contribution in [0.1, 0.15) is 20.3 Å². The summed E-state index contributed by atoms with van der Waals surface area (Å²) < 4.78 is 0. The number of rotatable bonds is 5. The van der Waals surface area contributed by atoms with Crippen LogP contribution in [0.2, 0.25) is 0 Å². The Balaban J connectivity index is 4.79. The standard InChI is InChI=1S/C10H20N2O4/c1-7(2)6-8(11(3)10(14)15)9(13)12(4)16-5/h7-8H,6H2,1-5H3,(H,14,15). The predicted molar refractivity (Wildman–Crippen MR) is 58.8 cm³/mol. The molecule has 0 spiro atoms. The Bertz CT molecular complexity index is 255. The molecule has 0 aromatic heterocycles. The fraction of sp³-hybridized carbons (Fsp3) is 0.800. The highest BCUT2D eigenvalue weighted by Crippen LogP contribution is 2.13. The maximum Gasteiger partial charge on any atom is 0.407 e. The van der Waals surface area contributed by atoms with Crippen molar-refractivity contribution in [2.45, 2.75) is 26.3 Å². The zero-order valence-corrected chi connectivity index (χ0v) is 10.4. The molecule has 1 unspecified atom stereocenters. The van der Waals surface area contributed by atoms with Gasteiger partial charge in [-0.2, -0.15) is 0 Å². The molecule has 0 fully saturated rings. The molecule has 1 N–H and O–H groups in total. The van der Waals surface area contributed by atoms with Gasteiger partial charge in [0.25, 0.3) is 5.91 Å². The fourth-order valence-electron chi connectivity index (χ4n) is 1.30. The van der Waals surface area contributed by atoms with Crippen LogP contribution in [-0.2, 0) is 9.63 Å². The van der Waals surface area contributed by atoms with Crippen LogP contribution in [0.25, 0.3) is 0 Å². The summed E-state index contributed by atoms with van der Waals surface area (Å²) in [6.07, 6.45) is -0.654. The Morgan fingerprint density at radius 1 is 1.31 bits per heavy atom. The normalized spacial score (nSPS) is 12.4. The van der Waals surface area contributed by atoms with Crippen molar-refractivity contribution in [3.05, 3.63) is 0 Å². The van der Waals surface area contributed by atoms with Gasteiger partial charge in [0.1, 0.15) is 6.04 Å². The molecule has 0 bridgehead atoms. The molecule has 0 aromatic carbocycles. The molecule has 6 heteroatoms. The Morgan fingerprint density at radius 2 is 1.81 bits per heavy atom. The van der Waals surface area contributed by atoms with Crippen LogP contribution in [0.4, 0.5) is 4.79 Å². The third-order valence-electron chi connectivity index (χ3n) is 2.33. The number of hydrogen-bond acceptors (Lipinski definition) is 3. The summed E-state index contributed by atoms with van der Waals surface area (Å²) >= 11 is 0. The molecular formula is C10H20N2O4. The Labute approximate surface area is 95.7 Å². The predicted octanol–water partition coefficient (Wildman–Crippen LogP) is 1.03. The van der Waals surface area contributed by atoms with E-state index in [0.29, 0.717) is 6.42 Å². The molecule has 0 aliphatic heterocycles. The van der Waals surface area contributed by atoms with E-state index in [0.717, 1.165) is 9.96 Å².